The van der Waals surface area contributed by atoms with Crippen molar-refractivity contribution < 1.29 is 23.7 Å². The van der Waals surface area contributed by atoms with E-state index in [1.807, 2.05) is 36.4 Å². The standard InChI is InChI=1S/C24H30N2O5/c1-3-19-15-26(14-18-13-20(28-2)6-8-21(18)31-19)11-10-25-24(27)9-5-17-4-7-22-23(12-17)30-16-29-22/h4,6-8,12-13,19H,3,5,9-11,14-16H2,1-2H3,(H,25,27)/t19-/m0/s1. The molecule has 2 aromatic rings. The van der Waals surface area contributed by atoms with Crippen LogP contribution >= 0.6 is 0 Å². The minimum absolute atomic E-state index is 0.0536. The number of fused-ring (bicyclic) bond motifs is 2. The smallest absolute Gasteiger partial charge is 0.231 e. The molecular formula is C24H30N2O5. The topological polar surface area (TPSA) is 69.3 Å². The summed E-state index contributed by atoms with van der Waals surface area (Å²) in [4.78, 5) is 14.7. The molecule has 2 aliphatic heterocycles. The van der Waals surface area contributed by atoms with Gasteiger partial charge in [-0.05, 0) is 48.7 Å². The van der Waals surface area contributed by atoms with Gasteiger partial charge in [0.2, 0.25) is 12.7 Å². The van der Waals surface area contributed by atoms with Gasteiger partial charge < -0.3 is 24.3 Å². The fourth-order valence-corrected chi connectivity index (χ4v) is 3.91. The Kier molecular flexibility index (Phi) is 6.82. The summed E-state index contributed by atoms with van der Waals surface area (Å²) in [7, 11) is 1.67. The molecule has 166 valence electrons. The number of carbonyl (C=O) groups is 1. The molecule has 1 amide bonds. The lowest BCUT2D eigenvalue weighted by atomic mass is 10.1. The third-order valence-corrected chi connectivity index (χ3v) is 5.70. The molecule has 2 heterocycles. The normalized spacial score (nSPS) is 17.4. The first-order valence-electron chi connectivity index (χ1n) is 10.9. The molecule has 0 aromatic heterocycles. The second kappa shape index (κ2) is 9.92. The summed E-state index contributed by atoms with van der Waals surface area (Å²) in [5.41, 5.74) is 2.19. The molecule has 0 aliphatic carbocycles. The molecule has 1 N–H and O–H groups in total. The van der Waals surface area contributed by atoms with Gasteiger partial charge in [-0.15, -0.1) is 0 Å². The molecule has 7 heteroatoms. The van der Waals surface area contributed by atoms with Crippen molar-refractivity contribution in [2.45, 2.75) is 38.8 Å². The molecule has 0 bridgehead atoms. The molecule has 2 aromatic carbocycles. The maximum absolute atomic E-state index is 12.3. The van der Waals surface area contributed by atoms with E-state index in [2.05, 4.69) is 17.1 Å². The van der Waals surface area contributed by atoms with E-state index in [-0.39, 0.29) is 18.8 Å². The number of amides is 1. The molecule has 0 radical (unpaired) electrons. The lowest BCUT2D eigenvalue weighted by molar-refractivity contribution is -0.121. The number of carbonyl (C=O) groups excluding carboxylic acids is 1. The Morgan fingerprint density at radius 3 is 2.84 bits per heavy atom. The van der Waals surface area contributed by atoms with Crippen molar-refractivity contribution >= 4 is 5.91 Å². The van der Waals surface area contributed by atoms with Crippen LogP contribution in [-0.4, -0.2) is 50.4 Å². The molecule has 2 aliphatic rings. The van der Waals surface area contributed by atoms with E-state index in [4.69, 9.17) is 18.9 Å². The van der Waals surface area contributed by atoms with Gasteiger partial charge in [-0.3, -0.25) is 9.69 Å². The highest BCUT2D eigenvalue weighted by Crippen LogP contribution is 2.33. The van der Waals surface area contributed by atoms with Gasteiger partial charge >= 0.3 is 0 Å². The van der Waals surface area contributed by atoms with Crippen molar-refractivity contribution in [2.75, 3.05) is 33.5 Å². The van der Waals surface area contributed by atoms with E-state index < -0.39 is 0 Å². The Morgan fingerprint density at radius 2 is 2.00 bits per heavy atom. The molecular weight excluding hydrogens is 396 g/mol. The van der Waals surface area contributed by atoms with Crippen LogP contribution in [0.25, 0.3) is 0 Å². The Morgan fingerprint density at radius 1 is 1.16 bits per heavy atom. The highest BCUT2D eigenvalue weighted by atomic mass is 16.7. The number of nitrogens with one attached hydrogen (secondary N) is 1. The fraction of sp³-hybridized carbons (Fsp3) is 0.458. The van der Waals surface area contributed by atoms with E-state index in [9.17, 15) is 4.79 Å². The van der Waals surface area contributed by atoms with Crippen LogP contribution in [0.4, 0.5) is 0 Å². The SMILES string of the molecule is CC[C@H]1CN(CCNC(=O)CCc2ccc3c(c2)OCO3)Cc2cc(OC)ccc2O1. The van der Waals surface area contributed by atoms with Crippen molar-refractivity contribution in [2.24, 2.45) is 0 Å². The van der Waals surface area contributed by atoms with Gasteiger partial charge in [-0.1, -0.05) is 13.0 Å². The van der Waals surface area contributed by atoms with Gasteiger partial charge in [0.1, 0.15) is 17.6 Å². The molecule has 0 spiro atoms. The van der Waals surface area contributed by atoms with Crippen LogP contribution in [0, 0.1) is 0 Å². The summed E-state index contributed by atoms with van der Waals surface area (Å²) in [6.45, 7) is 5.38. The first-order chi connectivity index (χ1) is 15.1. The largest absolute Gasteiger partial charge is 0.497 e. The Bertz CT molecular complexity index is 917. The number of hydrogen-bond acceptors (Lipinski definition) is 6. The van der Waals surface area contributed by atoms with Gasteiger partial charge in [0.15, 0.2) is 11.5 Å². The number of nitrogens with zero attached hydrogens (tertiary/aromatic N) is 1. The second-order valence-electron chi connectivity index (χ2n) is 7.89. The van der Waals surface area contributed by atoms with Crippen LogP contribution in [0.1, 0.15) is 30.9 Å². The van der Waals surface area contributed by atoms with Gasteiger partial charge in [0, 0.05) is 38.2 Å². The van der Waals surface area contributed by atoms with Crippen LogP contribution in [-0.2, 0) is 17.8 Å². The average molecular weight is 427 g/mol. The molecule has 0 saturated heterocycles. The van der Waals surface area contributed by atoms with E-state index >= 15 is 0 Å². The number of rotatable bonds is 8. The summed E-state index contributed by atoms with van der Waals surface area (Å²) in [6.07, 6.45) is 2.19. The second-order valence-corrected chi connectivity index (χ2v) is 7.89. The lowest BCUT2D eigenvalue weighted by Gasteiger charge is -2.23. The van der Waals surface area contributed by atoms with Crippen molar-refractivity contribution in [1.82, 2.24) is 10.2 Å². The van der Waals surface area contributed by atoms with E-state index in [1.54, 1.807) is 7.11 Å². The van der Waals surface area contributed by atoms with Gasteiger partial charge in [0.05, 0.1) is 7.11 Å². The number of benzene rings is 2. The fourth-order valence-electron chi connectivity index (χ4n) is 3.91. The highest BCUT2D eigenvalue weighted by Gasteiger charge is 2.22. The van der Waals surface area contributed by atoms with E-state index in [1.165, 1.54) is 0 Å². The summed E-state index contributed by atoms with van der Waals surface area (Å²) < 4.78 is 22.3. The summed E-state index contributed by atoms with van der Waals surface area (Å²) in [5, 5.41) is 3.05. The van der Waals surface area contributed by atoms with Crippen LogP contribution in [0.2, 0.25) is 0 Å². The van der Waals surface area contributed by atoms with Gasteiger partial charge in [-0.25, -0.2) is 0 Å². The van der Waals surface area contributed by atoms with Crippen LogP contribution in [0.5, 0.6) is 23.0 Å². The summed E-state index contributed by atoms with van der Waals surface area (Å²) in [5.74, 6) is 3.32. The third-order valence-electron chi connectivity index (χ3n) is 5.70. The van der Waals surface area contributed by atoms with Crippen LogP contribution < -0.4 is 24.3 Å². The molecule has 7 nitrogen and oxygen atoms in total. The third kappa shape index (κ3) is 5.41. The molecule has 0 unspecified atom stereocenters. The first-order valence-corrected chi connectivity index (χ1v) is 10.9. The maximum atomic E-state index is 12.3. The zero-order chi connectivity index (χ0) is 21.6. The zero-order valence-corrected chi connectivity index (χ0v) is 18.2. The average Bonchev–Trinajstić information content (AvgIpc) is 3.18. The Hall–Kier alpha value is -2.93. The van der Waals surface area contributed by atoms with Gasteiger partial charge in [-0.2, -0.15) is 0 Å². The maximum Gasteiger partial charge on any atom is 0.231 e. The van der Waals surface area contributed by atoms with Crippen molar-refractivity contribution in [1.29, 1.82) is 0 Å². The predicted molar refractivity (Wildman–Crippen MR) is 117 cm³/mol. The van der Waals surface area contributed by atoms with Crippen molar-refractivity contribution in [3.05, 3.63) is 47.5 Å². The molecule has 31 heavy (non-hydrogen) atoms. The number of ether oxygens (including phenoxy) is 4. The summed E-state index contributed by atoms with van der Waals surface area (Å²) in [6, 6.07) is 11.8. The molecule has 0 saturated carbocycles. The minimum atomic E-state index is 0.0536. The monoisotopic (exact) mass is 426 g/mol. The van der Waals surface area contributed by atoms with E-state index in [0.29, 0.717) is 19.4 Å². The number of aryl methyl sites for hydroxylation is 1. The molecule has 4 rings (SSSR count). The number of methoxy groups -OCH3 is 1. The summed E-state index contributed by atoms with van der Waals surface area (Å²) >= 11 is 0. The highest BCUT2D eigenvalue weighted by molar-refractivity contribution is 5.76. The Balaban J connectivity index is 1.26. The molecule has 1 atom stereocenters. The van der Waals surface area contributed by atoms with Crippen LogP contribution in [0.3, 0.4) is 0 Å². The molecule has 0 fully saturated rings. The zero-order valence-electron chi connectivity index (χ0n) is 18.2. The first kappa shape index (κ1) is 21.3. The van der Waals surface area contributed by atoms with Crippen LogP contribution in [0.15, 0.2) is 36.4 Å². The minimum Gasteiger partial charge on any atom is -0.497 e. The van der Waals surface area contributed by atoms with Gasteiger partial charge in [0.25, 0.3) is 0 Å². The van der Waals surface area contributed by atoms with E-state index in [0.717, 1.165) is 60.2 Å². The van der Waals surface area contributed by atoms with Crippen molar-refractivity contribution in [3.8, 4) is 23.0 Å². The quantitative estimate of drug-likeness (QED) is 0.699. The van der Waals surface area contributed by atoms with Crippen molar-refractivity contribution in [3.63, 3.8) is 0 Å². The number of hydrogen-bond donors (Lipinski definition) is 1. The Labute approximate surface area is 183 Å². The lowest BCUT2D eigenvalue weighted by Crippen LogP contribution is -2.38. The predicted octanol–water partition coefficient (Wildman–Crippen LogP) is 3.15.